The van der Waals surface area contributed by atoms with Crippen LogP contribution in [0.15, 0.2) is 12.4 Å². The monoisotopic (exact) mass is 251 g/mol. The van der Waals surface area contributed by atoms with E-state index in [9.17, 15) is 0 Å². The average Bonchev–Trinajstić information content (AvgIpc) is 2.38. The molecule has 2 fully saturated rings. The predicted molar refractivity (Wildman–Crippen MR) is 69.4 cm³/mol. The Bertz CT molecular complexity index is 394. The third-order valence-electron chi connectivity index (χ3n) is 4.16. The molecule has 1 aliphatic carbocycles. The lowest BCUT2D eigenvalue weighted by molar-refractivity contribution is 0.242. The van der Waals surface area contributed by atoms with Crippen molar-refractivity contribution in [1.82, 2.24) is 9.97 Å². The molecule has 1 saturated carbocycles. The molecule has 0 bridgehead atoms. The Kier molecular flexibility index (Phi) is 3.19. The Morgan fingerprint density at radius 2 is 1.94 bits per heavy atom. The van der Waals surface area contributed by atoms with Gasteiger partial charge in [0, 0.05) is 18.7 Å². The molecule has 0 radical (unpaired) electrons. The highest BCUT2D eigenvalue weighted by Crippen LogP contribution is 2.37. The number of piperidine rings is 1. The molecule has 3 nitrogen and oxygen atoms in total. The van der Waals surface area contributed by atoms with Gasteiger partial charge in [0.1, 0.15) is 17.3 Å². The van der Waals surface area contributed by atoms with Crippen molar-refractivity contribution in [1.29, 1.82) is 0 Å². The maximum absolute atomic E-state index is 5.96. The normalized spacial score (nSPS) is 28.9. The lowest BCUT2D eigenvalue weighted by Crippen LogP contribution is -2.47. The Hall–Kier alpha value is -0.830. The van der Waals surface area contributed by atoms with Crippen LogP contribution in [-0.2, 0) is 0 Å². The van der Waals surface area contributed by atoms with Crippen molar-refractivity contribution in [2.24, 2.45) is 5.92 Å². The molecule has 2 heterocycles. The minimum absolute atomic E-state index is 0.549. The van der Waals surface area contributed by atoms with Gasteiger partial charge < -0.3 is 4.90 Å². The summed E-state index contributed by atoms with van der Waals surface area (Å²) in [4.78, 5) is 10.8. The summed E-state index contributed by atoms with van der Waals surface area (Å²) in [6.45, 7) is 1.12. The fourth-order valence-corrected chi connectivity index (χ4v) is 3.53. The molecule has 1 saturated heterocycles. The van der Waals surface area contributed by atoms with E-state index in [1.807, 2.05) is 6.07 Å². The van der Waals surface area contributed by atoms with Gasteiger partial charge in [-0.05, 0) is 31.6 Å². The van der Waals surface area contributed by atoms with E-state index in [-0.39, 0.29) is 0 Å². The van der Waals surface area contributed by atoms with Crippen molar-refractivity contribution in [3.8, 4) is 0 Å². The highest BCUT2D eigenvalue weighted by Gasteiger charge is 2.33. The molecule has 1 aromatic rings. The minimum Gasteiger partial charge on any atom is -0.353 e. The molecule has 2 atom stereocenters. The van der Waals surface area contributed by atoms with Gasteiger partial charge in [-0.1, -0.05) is 24.4 Å². The zero-order chi connectivity index (χ0) is 11.7. The number of halogens is 1. The number of nitrogens with zero attached hydrogens (tertiary/aromatic N) is 3. The van der Waals surface area contributed by atoms with E-state index < -0.39 is 0 Å². The molecule has 4 heteroatoms. The minimum atomic E-state index is 0.549. The first kappa shape index (κ1) is 11.3. The topological polar surface area (TPSA) is 29.0 Å². The van der Waals surface area contributed by atoms with Gasteiger partial charge in [-0.15, -0.1) is 0 Å². The van der Waals surface area contributed by atoms with E-state index in [1.165, 1.54) is 38.5 Å². The van der Waals surface area contributed by atoms with Crippen molar-refractivity contribution in [3.05, 3.63) is 17.5 Å². The summed E-state index contributed by atoms with van der Waals surface area (Å²) in [7, 11) is 0. The van der Waals surface area contributed by atoms with Crippen LogP contribution in [0, 0.1) is 5.92 Å². The molecular weight excluding hydrogens is 234 g/mol. The van der Waals surface area contributed by atoms with E-state index in [0.29, 0.717) is 11.2 Å². The second-order valence-corrected chi connectivity index (χ2v) is 5.53. The second-order valence-electron chi connectivity index (χ2n) is 5.15. The summed E-state index contributed by atoms with van der Waals surface area (Å²) in [5.41, 5.74) is 0. The van der Waals surface area contributed by atoms with E-state index in [4.69, 9.17) is 11.6 Å². The largest absolute Gasteiger partial charge is 0.353 e. The summed E-state index contributed by atoms with van der Waals surface area (Å²) in [6.07, 6.45) is 9.70. The van der Waals surface area contributed by atoms with Crippen LogP contribution >= 0.6 is 11.6 Å². The molecule has 3 rings (SSSR count). The molecule has 0 amide bonds. The molecule has 0 aromatic carbocycles. The maximum Gasteiger partial charge on any atom is 0.134 e. The van der Waals surface area contributed by atoms with Crippen LogP contribution in [0.25, 0.3) is 0 Å². The molecule has 1 aliphatic heterocycles. The number of hydrogen-bond acceptors (Lipinski definition) is 3. The molecule has 2 aliphatic rings. The van der Waals surface area contributed by atoms with Gasteiger partial charge in [-0.2, -0.15) is 0 Å². The van der Waals surface area contributed by atoms with E-state index in [1.54, 1.807) is 6.33 Å². The van der Waals surface area contributed by atoms with Gasteiger partial charge in [-0.25, -0.2) is 9.97 Å². The number of rotatable bonds is 1. The molecule has 0 spiro atoms. The summed E-state index contributed by atoms with van der Waals surface area (Å²) in [5.74, 6) is 1.88. The van der Waals surface area contributed by atoms with Crippen LogP contribution < -0.4 is 4.90 Å². The zero-order valence-electron chi connectivity index (χ0n) is 9.98. The van der Waals surface area contributed by atoms with Crippen LogP contribution in [0.5, 0.6) is 0 Å². The van der Waals surface area contributed by atoms with E-state index >= 15 is 0 Å². The third kappa shape index (κ3) is 2.25. The van der Waals surface area contributed by atoms with Crippen LogP contribution in [0.1, 0.15) is 38.5 Å². The van der Waals surface area contributed by atoms with E-state index in [0.717, 1.165) is 18.3 Å². The fraction of sp³-hybridized carbons (Fsp3) is 0.692. The van der Waals surface area contributed by atoms with Crippen LogP contribution in [0.4, 0.5) is 5.82 Å². The number of hydrogen-bond donors (Lipinski definition) is 0. The summed E-state index contributed by atoms with van der Waals surface area (Å²) in [5, 5.41) is 0.549. The highest BCUT2D eigenvalue weighted by molar-refractivity contribution is 6.29. The van der Waals surface area contributed by atoms with Gasteiger partial charge in [0.15, 0.2) is 0 Å². The standard InChI is InChI=1S/C13H18ClN3/c14-12-8-13(16-9-15-12)17-7-3-5-10-4-1-2-6-11(10)17/h8-11H,1-7H2/t10-,11-/m0/s1. The lowest BCUT2D eigenvalue weighted by atomic mass is 9.78. The van der Waals surface area contributed by atoms with Gasteiger partial charge in [0.05, 0.1) is 0 Å². The summed E-state index contributed by atoms with van der Waals surface area (Å²) >= 11 is 5.96. The summed E-state index contributed by atoms with van der Waals surface area (Å²) < 4.78 is 0. The number of anilines is 1. The predicted octanol–water partition coefficient (Wildman–Crippen LogP) is 3.29. The first-order chi connectivity index (χ1) is 8.34. The van der Waals surface area contributed by atoms with Crippen LogP contribution in [-0.4, -0.2) is 22.6 Å². The van der Waals surface area contributed by atoms with Gasteiger partial charge in [0.25, 0.3) is 0 Å². The number of aromatic nitrogens is 2. The van der Waals surface area contributed by atoms with Crippen LogP contribution in [0.2, 0.25) is 5.15 Å². The smallest absolute Gasteiger partial charge is 0.134 e. The Morgan fingerprint density at radius 1 is 1.12 bits per heavy atom. The fourth-order valence-electron chi connectivity index (χ4n) is 3.39. The molecule has 1 aromatic heterocycles. The molecule has 17 heavy (non-hydrogen) atoms. The second kappa shape index (κ2) is 4.81. The Labute approximate surface area is 107 Å². The van der Waals surface area contributed by atoms with Gasteiger partial charge in [0.2, 0.25) is 0 Å². The van der Waals surface area contributed by atoms with Crippen molar-refractivity contribution in [2.75, 3.05) is 11.4 Å². The van der Waals surface area contributed by atoms with Crippen molar-refractivity contribution in [2.45, 2.75) is 44.6 Å². The SMILES string of the molecule is Clc1cc(N2CCC[C@@H]3CCCC[C@@H]32)ncn1. The quantitative estimate of drug-likeness (QED) is 0.718. The summed E-state index contributed by atoms with van der Waals surface area (Å²) in [6, 6.07) is 2.59. The van der Waals surface area contributed by atoms with Gasteiger partial charge in [-0.3, -0.25) is 0 Å². The zero-order valence-corrected chi connectivity index (χ0v) is 10.7. The third-order valence-corrected chi connectivity index (χ3v) is 4.36. The average molecular weight is 252 g/mol. The highest BCUT2D eigenvalue weighted by atomic mass is 35.5. The maximum atomic E-state index is 5.96. The first-order valence-corrected chi connectivity index (χ1v) is 6.96. The first-order valence-electron chi connectivity index (χ1n) is 6.59. The Morgan fingerprint density at radius 3 is 2.82 bits per heavy atom. The van der Waals surface area contributed by atoms with E-state index in [2.05, 4.69) is 14.9 Å². The van der Waals surface area contributed by atoms with Crippen LogP contribution in [0.3, 0.4) is 0 Å². The molecule has 92 valence electrons. The molecule has 0 unspecified atom stereocenters. The Balaban J connectivity index is 1.85. The molecule has 0 N–H and O–H groups in total. The van der Waals surface area contributed by atoms with Crippen molar-refractivity contribution < 1.29 is 0 Å². The van der Waals surface area contributed by atoms with Gasteiger partial charge >= 0.3 is 0 Å². The molecular formula is C13H18ClN3. The van der Waals surface area contributed by atoms with Crippen molar-refractivity contribution >= 4 is 17.4 Å². The van der Waals surface area contributed by atoms with Crippen molar-refractivity contribution in [3.63, 3.8) is 0 Å². The lowest BCUT2D eigenvalue weighted by Gasteiger charge is -2.44. The number of fused-ring (bicyclic) bond motifs is 1.